The third-order valence-electron chi connectivity index (χ3n) is 1.21. The summed E-state index contributed by atoms with van der Waals surface area (Å²) in [5.41, 5.74) is 5.14. The summed E-state index contributed by atoms with van der Waals surface area (Å²) >= 11 is 0. The largest absolute Gasteiger partial charge is 0.390 e. The summed E-state index contributed by atoms with van der Waals surface area (Å²) in [7, 11) is 0. The lowest BCUT2D eigenvalue weighted by Crippen LogP contribution is -2.13. The number of hydrogen-bond acceptors (Lipinski definition) is 6. The Hall–Kier alpha value is -1.44. The highest BCUT2D eigenvalue weighted by Crippen LogP contribution is 2.04. The zero-order valence-electron chi connectivity index (χ0n) is 7.24. The Morgan fingerprint density at radius 3 is 2.86 bits per heavy atom. The molecule has 0 amide bonds. The van der Waals surface area contributed by atoms with E-state index in [-0.39, 0.29) is 18.6 Å². The number of rotatable bonds is 6. The average Bonchev–Trinajstić information content (AvgIpc) is 2.50. The van der Waals surface area contributed by atoms with E-state index in [0.29, 0.717) is 6.54 Å². The van der Waals surface area contributed by atoms with Gasteiger partial charge in [0.05, 0.1) is 6.61 Å². The fraction of sp³-hybridized carbons (Fsp3) is 0.667. The molecule has 0 fully saturated rings. The standard InChI is InChI=1S/C6H10F2N4O2/c7-4(8)3-13-2-1-10-6-12-11-5(9)14-6/h4H,1-3H2,(H2,9,11)(H,10,12). The quantitative estimate of drug-likeness (QED) is 0.656. The molecule has 8 heteroatoms. The molecule has 0 aromatic carbocycles. The van der Waals surface area contributed by atoms with E-state index >= 15 is 0 Å². The zero-order chi connectivity index (χ0) is 10.4. The highest BCUT2D eigenvalue weighted by molar-refractivity contribution is 5.21. The summed E-state index contributed by atoms with van der Waals surface area (Å²) in [6.07, 6.45) is -2.45. The van der Waals surface area contributed by atoms with Crippen LogP contribution in [0.15, 0.2) is 4.42 Å². The topological polar surface area (TPSA) is 86.2 Å². The van der Waals surface area contributed by atoms with Crippen LogP contribution in [0.5, 0.6) is 0 Å². The molecule has 0 unspecified atom stereocenters. The molecule has 6 nitrogen and oxygen atoms in total. The third-order valence-corrected chi connectivity index (χ3v) is 1.21. The fourth-order valence-electron chi connectivity index (χ4n) is 0.709. The summed E-state index contributed by atoms with van der Waals surface area (Å²) in [6, 6.07) is 0.0872. The second kappa shape index (κ2) is 5.32. The molecule has 0 aliphatic carbocycles. The second-order valence-electron chi connectivity index (χ2n) is 2.34. The molecule has 80 valence electrons. The molecule has 0 saturated heterocycles. The molecule has 0 aliphatic rings. The van der Waals surface area contributed by atoms with Gasteiger partial charge < -0.3 is 20.2 Å². The van der Waals surface area contributed by atoms with Gasteiger partial charge in [0.25, 0.3) is 6.43 Å². The zero-order valence-corrected chi connectivity index (χ0v) is 7.24. The van der Waals surface area contributed by atoms with Crippen molar-refractivity contribution in [3.63, 3.8) is 0 Å². The molecule has 0 aliphatic heterocycles. The summed E-state index contributed by atoms with van der Waals surface area (Å²) < 4.78 is 32.5. The van der Waals surface area contributed by atoms with Gasteiger partial charge in [0.15, 0.2) is 0 Å². The van der Waals surface area contributed by atoms with Crippen LogP contribution in [0.2, 0.25) is 0 Å². The van der Waals surface area contributed by atoms with E-state index in [4.69, 9.17) is 10.2 Å². The van der Waals surface area contributed by atoms with Crippen LogP contribution in [0.3, 0.4) is 0 Å². The summed E-state index contributed by atoms with van der Waals surface area (Å²) in [5, 5.41) is 9.52. The van der Waals surface area contributed by atoms with Crippen molar-refractivity contribution in [1.82, 2.24) is 10.2 Å². The average molecular weight is 208 g/mol. The monoisotopic (exact) mass is 208 g/mol. The Morgan fingerprint density at radius 2 is 2.29 bits per heavy atom. The highest BCUT2D eigenvalue weighted by Gasteiger charge is 2.02. The summed E-state index contributed by atoms with van der Waals surface area (Å²) in [6.45, 7) is -0.144. The first-order valence-corrected chi connectivity index (χ1v) is 3.87. The van der Waals surface area contributed by atoms with Crippen molar-refractivity contribution in [2.45, 2.75) is 6.43 Å². The van der Waals surface area contributed by atoms with Gasteiger partial charge in [0, 0.05) is 6.54 Å². The van der Waals surface area contributed by atoms with Crippen LogP contribution >= 0.6 is 0 Å². The van der Waals surface area contributed by atoms with Crippen molar-refractivity contribution in [2.24, 2.45) is 0 Å². The lowest BCUT2D eigenvalue weighted by molar-refractivity contribution is 0.0214. The molecule has 0 spiro atoms. The number of nitrogens with zero attached hydrogens (tertiary/aromatic N) is 2. The molecular formula is C6H10F2N4O2. The Balaban J connectivity index is 2.04. The van der Waals surface area contributed by atoms with Crippen LogP contribution in [0.1, 0.15) is 0 Å². The molecule has 3 N–H and O–H groups in total. The van der Waals surface area contributed by atoms with Crippen LogP contribution in [0, 0.1) is 0 Å². The van der Waals surface area contributed by atoms with Crippen molar-refractivity contribution in [3.05, 3.63) is 0 Å². The number of ether oxygens (including phenoxy) is 1. The van der Waals surface area contributed by atoms with Gasteiger partial charge >= 0.3 is 12.0 Å². The fourth-order valence-corrected chi connectivity index (χ4v) is 0.709. The number of halogens is 2. The molecule has 14 heavy (non-hydrogen) atoms. The van der Waals surface area contributed by atoms with Gasteiger partial charge in [0.1, 0.15) is 6.61 Å². The molecule has 0 atom stereocenters. The Bertz CT molecular complexity index is 268. The second-order valence-corrected chi connectivity index (χ2v) is 2.34. The first-order valence-electron chi connectivity index (χ1n) is 3.87. The van der Waals surface area contributed by atoms with Crippen molar-refractivity contribution >= 4 is 12.0 Å². The van der Waals surface area contributed by atoms with Gasteiger partial charge in [-0.3, -0.25) is 0 Å². The lowest BCUT2D eigenvalue weighted by atomic mass is 10.6. The Morgan fingerprint density at radius 1 is 1.50 bits per heavy atom. The van der Waals surface area contributed by atoms with Gasteiger partial charge in [0.2, 0.25) is 0 Å². The summed E-state index contributed by atoms with van der Waals surface area (Å²) in [5.74, 6) is 0. The van der Waals surface area contributed by atoms with Crippen molar-refractivity contribution in [3.8, 4) is 0 Å². The van der Waals surface area contributed by atoms with E-state index in [1.165, 1.54) is 0 Å². The Kier molecular flexibility index (Phi) is 4.05. The normalized spacial score (nSPS) is 10.8. The maximum Gasteiger partial charge on any atom is 0.316 e. The van der Waals surface area contributed by atoms with E-state index < -0.39 is 13.0 Å². The van der Waals surface area contributed by atoms with Gasteiger partial charge in [-0.15, -0.1) is 0 Å². The minimum absolute atomic E-state index is 0.0546. The van der Waals surface area contributed by atoms with E-state index in [0.717, 1.165) is 0 Å². The molecule has 1 aromatic rings. The summed E-state index contributed by atoms with van der Waals surface area (Å²) in [4.78, 5) is 0. The SMILES string of the molecule is Nc1nnc(NCCOCC(F)F)o1. The van der Waals surface area contributed by atoms with E-state index in [1.54, 1.807) is 0 Å². The van der Waals surface area contributed by atoms with Crippen molar-refractivity contribution in [2.75, 3.05) is 30.8 Å². The van der Waals surface area contributed by atoms with Gasteiger partial charge in [-0.2, -0.15) is 0 Å². The number of nitrogens with one attached hydrogen (secondary N) is 1. The van der Waals surface area contributed by atoms with Crippen LogP contribution in [0.4, 0.5) is 20.8 Å². The number of alkyl halides is 2. The minimum Gasteiger partial charge on any atom is -0.390 e. The number of nitrogens with two attached hydrogens (primary N) is 1. The van der Waals surface area contributed by atoms with Crippen LogP contribution in [-0.2, 0) is 4.74 Å². The van der Waals surface area contributed by atoms with Gasteiger partial charge in [-0.05, 0) is 0 Å². The highest BCUT2D eigenvalue weighted by atomic mass is 19.3. The molecule has 0 bridgehead atoms. The van der Waals surface area contributed by atoms with Crippen LogP contribution in [-0.4, -0.2) is 36.4 Å². The van der Waals surface area contributed by atoms with Crippen LogP contribution in [0.25, 0.3) is 0 Å². The molecular weight excluding hydrogens is 198 g/mol. The number of nitrogen functional groups attached to an aromatic ring is 1. The van der Waals surface area contributed by atoms with Crippen molar-refractivity contribution < 1.29 is 17.9 Å². The smallest absolute Gasteiger partial charge is 0.316 e. The third kappa shape index (κ3) is 3.99. The van der Waals surface area contributed by atoms with Crippen molar-refractivity contribution in [1.29, 1.82) is 0 Å². The predicted octanol–water partition coefficient (Wildman–Crippen LogP) is 0.345. The number of hydrogen-bond donors (Lipinski definition) is 2. The maximum absolute atomic E-state index is 11.6. The molecule has 1 aromatic heterocycles. The van der Waals surface area contributed by atoms with Crippen LogP contribution < -0.4 is 11.1 Å². The first-order chi connectivity index (χ1) is 6.68. The Labute approximate surface area is 78.4 Å². The molecule has 1 rings (SSSR count). The van der Waals surface area contributed by atoms with E-state index in [2.05, 4.69) is 20.3 Å². The first kappa shape index (κ1) is 10.6. The number of anilines is 2. The van der Waals surface area contributed by atoms with E-state index in [9.17, 15) is 8.78 Å². The van der Waals surface area contributed by atoms with E-state index in [1.807, 2.05) is 0 Å². The number of aromatic nitrogens is 2. The molecule has 1 heterocycles. The molecule has 0 saturated carbocycles. The predicted molar refractivity (Wildman–Crippen MR) is 44.0 cm³/mol. The maximum atomic E-state index is 11.6. The lowest BCUT2D eigenvalue weighted by Gasteiger charge is -2.02. The van der Waals surface area contributed by atoms with Gasteiger partial charge in [-0.25, -0.2) is 8.78 Å². The van der Waals surface area contributed by atoms with Gasteiger partial charge in [-0.1, -0.05) is 10.2 Å². The minimum atomic E-state index is -2.45. The molecule has 0 radical (unpaired) electrons.